The second-order valence-electron chi connectivity index (χ2n) is 5.55. The Morgan fingerprint density at radius 1 is 1.00 bits per heavy atom. The van der Waals surface area contributed by atoms with Crippen LogP contribution in [0, 0.1) is 13.8 Å². The highest BCUT2D eigenvalue weighted by Crippen LogP contribution is 2.26. The molecule has 22 heavy (non-hydrogen) atoms. The van der Waals surface area contributed by atoms with Crippen LogP contribution in [0.3, 0.4) is 0 Å². The summed E-state index contributed by atoms with van der Waals surface area (Å²) in [5, 5.41) is 8.56. The van der Waals surface area contributed by atoms with Crippen molar-refractivity contribution in [3.63, 3.8) is 0 Å². The van der Waals surface area contributed by atoms with Crippen molar-refractivity contribution in [3.8, 4) is 11.3 Å². The van der Waals surface area contributed by atoms with E-state index in [2.05, 4.69) is 60.6 Å². The molecule has 1 heterocycles. The lowest BCUT2D eigenvalue weighted by atomic mass is 10.0. The fourth-order valence-corrected chi connectivity index (χ4v) is 2.60. The van der Waals surface area contributed by atoms with Gasteiger partial charge in [0.25, 0.3) is 0 Å². The number of aromatic nitrogens is 3. The van der Waals surface area contributed by atoms with E-state index in [-0.39, 0.29) is 0 Å². The average Bonchev–Trinajstić information content (AvgIpc) is 2.93. The maximum Gasteiger partial charge on any atom is 0.104 e. The fourth-order valence-electron chi connectivity index (χ4n) is 2.60. The predicted octanol–water partition coefficient (Wildman–Crippen LogP) is 3.07. The van der Waals surface area contributed by atoms with Gasteiger partial charge < -0.3 is 5.73 Å². The first-order valence-corrected chi connectivity index (χ1v) is 7.43. The Morgan fingerprint density at radius 2 is 1.73 bits per heavy atom. The summed E-state index contributed by atoms with van der Waals surface area (Å²) in [6.07, 6.45) is 0. The average molecular weight is 292 g/mol. The van der Waals surface area contributed by atoms with Crippen molar-refractivity contribution in [2.75, 3.05) is 0 Å². The number of rotatable bonds is 4. The molecule has 0 atom stereocenters. The van der Waals surface area contributed by atoms with E-state index in [4.69, 9.17) is 5.73 Å². The smallest absolute Gasteiger partial charge is 0.104 e. The minimum atomic E-state index is 0.386. The van der Waals surface area contributed by atoms with Crippen LogP contribution in [0.2, 0.25) is 0 Å². The molecule has 0 saturated heterocycles. The molecule has 2 N–H and O–H groups in total. The molecule has 3 rings (SSSR count). The van der Waals surface area contributed by atoms with Crippen LogP contribution >= 0.6 is 0 Å². The van der Waals surface area contributed by atoms with Gasteiger partial charge in [-0.2, -0.15) is 0 Å². The molecule has 3 aromatic rings. The molecule has 4 heteroatoms. The van der Waals surface area contributed by atoms with E-state index in [0.717, 1.165) is 17.0 Å². The van der Waals surface area contributed by atoms with Crippen LogP contribution in [-0.2, 0) is 13.1 Å². The Balaban J connectivity index is 2.04. The van der Waals surface area contributed by atoms with Gasteiger partial charge in [-0.25, -0.2) is 4.68 Å². The highest BCUT2D eigenvalue weighted by molar-refractivity contribution is 5.65. The van der Waals surface area contributed by atoms with Gasteiger partial charge in [-0.15, -0.1) is 5.10 Å². The van der Waals surface area contributed by atoms with Gasteiger partial charge in [0.2, 0.25) is 0 Å². The quantitative estimate of drug-likeness (QED) is 0.804. The van der Waals surface area contributed by atoms with E-state index in [1.54, 1.807) is 0 Å². The first-order chi connectivity index (χ1) is 10.7. The number of aryl methyl sites for hydroxylation is 2. The first kappa shape index (κ1) is 14.5. The van der Waals surface area contributed by atoms with Crippen LogP contribution in [0.5, 0.6) is 0 Å². The number of nitrogens with zero attached hydrogens (tertiary/aromatic N) is 3. The van der Waals surface area contributed by atoms with Crippen LogP contribution in [0.4, 0.5) is 0 Å². The van der Waals surface area contributed by atoms with Gasteiger partial charge in [-0.1, -0.05) is 59.3 Å². The third-order valence-electron chi connectivity index (χ3n) is 3.85. The van der Waals surface area contributed by atoms with Gasteiger partial charge in [0.1, 0.15) is 5.69 Å². The third kappa shape index (κ3) is 2.78. The monoisotopic (exact) mass is 292 g/mol. The highest BCUT2D eigenvalue weighted by Gasteiger charge is 2.15. The summed E-state index contributed by atoms with van der Waals surface area (Å²) < 4.78 is 1.94. The molecule has 0 radical (unpaired) electrons. The van der Waals surface area contributed by atoms with Gasteiger partial charge >= 0.3 is 0 Å². The number of hydrogen-bond acceptors (Lipinski definition) is 3. The second-order valence-corrected chi connectivity index (χ2v) is 5.55. The largest absolute Gasteiger partial charge is 0.325 e. The van der Waals surface area contributed by atoms with E-state index in [9.17, 15) is 0 Å². The van der Waals surface area contributed by atoms with E-state index in [0.29, 0.717) is 13.1 Å². The van der Waals surface area contributed by atoms with Gasteiger partial charge in [-0.3, -0.25) is 0 Å². The summed E-state index contributed by atoms with van der Waals surface area (Å²) in [5.74, 6) is 0. The molecule has 2 aromatic carbocycles. The highest BCUT2D eigenvalue weighted by atomic mass is 15.4. The Hall–Kier alpha value is -2.46. The summed E-state index contributed by atoms with van der Waals surface area (Å²) in [5.41, 5.74) is 12.5. The summed E-state index contributed by atoms with van der Waals surface area (Å²) in [6.45, 7) is 5.26. The van der Waals surface area contributed by atoms with Crippen molar-refractivity contribution in [1.29, 1.82) is 0 Å². The third-order valence-corrected chi connectivity index (χ3v) is 3.85. The summed E-state index contributed by atoms with van der Waals surface area (Å²) in [4.78, 5) is 0. The van der Waals surface area contributed by atoms with E-state index < -0.39 is 0 Å². The molecule has 0 spiro atoms. The maximum atomic E-state index is 5.85. The molecule has 0 bridgehead atoms. The van der Waals surface area contributed by atoms with Crippen molar-refractivity contribution in [2.24, 2.45) is 5.73 Å². The standard InChI is InChI=1S/C18H20N4/c1-13-7-9-15(10-8-13)12-22-18(17(11-19)20-21-22)16-6-4-3-5-14(16)2/h3-10H,11-12,19H2,1-2H3. The zero-order valence-corrected chi connectivity index (χ0v) is 13.0. The van der Waals surface area contributed by atoms with Crippen molar-refractivity contribution >= 4 is 0 Å². The van der Waals surface area contributed by atoms with Gasteiger partial charge in [-0.05, 0) is 25.0 Å². The molecule has 0 amide bonds. The normalized spacial score (nSPS) is 10.9. The lowest BCUT2D eigenvalue weighted by Crippen LogP contribution is -2.06. The second kappa shape index (κ2) is 6.12. The van der Waals surface area contributed by atoms with Gasteiger partial charge in [0, 0.05) is 12.1 Å². The molecule has 112 valence electrons. The van der Waals surface area contributed by atoms with Crippen LogP contribution in [0.15, 0.2) is 48.5 Å². The van der Waals surface area contributed by atoms with Crippen LogP contribution in [0.25, 0.3) is 11.3 Å². The number of benzene rings is 2. The SMILES string of the molecule is Cc1ccc(Cn2nnc(CN)c2-c2ccccc2C)cc1. The lowest BCUT2D eigenvalue weighted by molar-refractivity contribution is 0.654. The van der Waals surface area contributed by atoms with Crippen LogP contribution in [0.1, 0.15) is 22.4 Å². The fraction of sp³-hybridized carbons (Fsp3) is 0.222. The molecule has 0 aliphatic rings. The molecular weight excluding hydrogens is 272 g/mol. The minimum Gasteiger partial charge on any atom is -0.325 e. The molecule has 0 unspecified atom stereocenters. The van der Waals surface area contributed by atoms with E-state index >= 15 is 0 Å². The van der Waals surface area contributed by atoms with Crippen LogP contribution in [-0.4, -0.2) is 15.0 Å². The summed E-state index contributed by atoms with van der Waals surface area (Å²) in [6, 6.07) is 16.7. The van der Waals surface area contributed by atoms with Gasteiger partial charge in [0.05, 0.1) is 12.2 Å². The van der Waals surface area contributed by atoms with Crippen molar-refractivity contribution < 1.29 is 0 Å². The van der Waals surface area contributed by atoms with E-state index in [1.807, 2.05) is 16.8 Å². The maximum absolute atomic E-state index is 5.85. The predicted molar refractivity (Wildman–Crippen MR) is 88.4 cm³/mol. The zero-order chi connectivity index (χ0) is 15.5. The Morgan fingerprint density at radius 3 is 2.41 bits per heavy atom. The molecule has 0 saturated carbocycles. The van der Waals surface area contributed by atoms with Crippen LogP contribution < -0.4 is 5.73 Å². The van der Waals surface area contributed by atoms with Gasteiger partial charge in [0.15, 0.2) is 0 Å². The number of hydrogen-bond donors (Lipinski definition) is 1. The van der Waals surface area contributed by atoms with Crippen molar-refractivity contribution in [2.45, 2.75) is 26.9 Å². The Bertz CT molecular complexity index is 772. The molecular formula is C18H20N4. The molecule has 0 aliphatic heterocycles. The number of nitrogens with two attached hydrogens (primary N) is 1. The first-order valence-electron chi connectivity index (χ1n) is 7.43. The molecule has 1 aromatic heterocycles. The van der Waals surface area contributed by atoms with Crippen molar-refractivity contribution in [1.82, 2.24) is 15.0 Å². The topological polar surface area (TPSA) is 56.7 Å². The van der Waals surface area contributed by atoms with Crippen molar-refractivity contribution in [3.05, 3.63) is 70.9 Å². The molecule has 4 nitrogen and oxygen atoms in total. The molecule has 0 aliphatic carbocycles. The van der Waals surface area contributed by atoms with E-state index in [1.165, 1.54) is 16.7 Å². The minimum absolute atomic E-state index is 0.386. The molecule has 0 fully saturated rings. The summed E-state index contributed by atoms with van der Waals surface area (Å²) >= 11 is 0. The Kier molecular flexibility index (Phi) is 4.02. The Labute approximate surface area is 130 Å². The summed E-state index contributed by atoms with van der Waals surface area (Å²) in [7, 11) is 0. The zero-order valence-electron chi connectivity index (χ0n) is 13.0. The lowest BCUT2D eigenvalue weighted by Gasteiger charge is -2.10.